The minimum atomic E-state index is -0.0130. The molecule has 2 amide bonds. The summed E-state index contributed by atoms with van der Waals surface area (Å²) in [5, 5.41) is 13.0. The molecule has 152 valence electrons. The standard InChI is InChI=1S/C22H26N4O3/c27-20-5-2-1-4-19(20)25-14-12-24(13-15-25)16-21(28)23-17-7-9-18(10-8-17)26-11-3-6-22(26)29/h1-2,4-5,7-10,27H,3,6,11-16H2,(H,23,28)/p+1. The Bertz CT molecular complexity index is 876. The quantitative estimate of drug-likeness (QED) is 0.702. The summed E-state index contributed by atoms with van der Waals surface area (Å²) in [6, 6.07) is 14.8. The number of hydrogen-bond acceptors (Lipinski definition) is 4. The number of rotatable bonds is 5. The van der Waals surface area contributed by atoms with Crippen molar-refractivity contribution in [2.24, 2.45) is 0 Å². The lowest BCUT2D eigenvalue weighted by molar-refractivity contribution is -0.892. The zero-order valence-corrected chi connectivity index (χ0v) is 16.4. The van der Waals surface area contributed by atoms with Crippen LogP contribution in [0.15, 0.2) is 48.5 Å². The Labute approximate surface area is 170 Å². The van der Waals surface area contributed by atoms with E-state index in [1.807, 2.05) is 42.5 Å². The molecule has 0 saturated carbocycles. The Morgan fingerprint density at radius 2 is 1.76 bits per heavy atom. The lowest BCUT2D eigenvalue weighted by atomic mass is 10.2. The molecule has 0 atom stereocenters. The summed E-state index contributed by atoms with van der Waals surface area (Å²) < 4.78 is 0. The zero-order valence-electron chi connectivity index (χ0n) is 16.4. The van der Waals surface area contributed by atoms with Gasteiger partial charge in [0.15, 0.2) is 6.54 Å². The number of anilines is 3. The molecule has 0 aliphatic carbocycles. The molecule has 0 aromatic heterocycles. The summed E-state index contributed by atoms with van der Waals surface area (Å²) in [6.45, 7) is 4.48. The first-order valence-electron chi connectivity index (χ1n) is 10.2. The van der Waals surface area contributed by atoms with E-state index >= 15 is 0 Å². The van der Waals surface area contributed by atoms with Crippen LogP contribution in [0.1, 0.15) is 12.8 Å². The van der Waals surface area contributed by atoms with E-state index in [1.54, 1.807) is 11.0 Å². The first-order valence-corrected chi connectivity index (χ1v) is 10.2. The number of carbonyl (C=O) groups is 2. The number of nitrogens with zero attached hydrogens (tertiary/aromatic N) is 2. The molecule has 7 heteroatoms. The summed E-state index contributed by atoms with van der Waals surface area (Å²) in [5.41, 5.74) is 2.49. The second-order valence-corrected chi connectivity index (χ2v) is 7.65. The molecule has 0 radical (unpaired) electrons. The largest absolute Gasteiger partial charge is 0.506 e. The van der Waals surface area contributed by atoms with Crippen molar-refractivity contribution in [3.05, 3.63) is 48.5 Å². The lowest BCUT2D eigenvalue weighted by Gasteiger charge is -2.33. The van der Waals surface area contributed by atoms with Gasteiger partial charge in [-0.05, 0) is 42.8 Å². The maximum atomic E-state index is 12.4. The molecule has 0 unspecified atom stereocenters. The average Bonchev–Trinajstić information content (AvgIpc) is 3.15. The van der Waals surface area contributed by atoms with Crippen LogP contribution in [0, 0.1) is 0 Å². The molecule has 3 N–H and O–H groups in total. The van der Waals surface area contributed by atoms with Crippen LogP contribution in [0.4, 0.5) is 17.1 Å². The lowest BCUT2D eigenvalue weighted by Crippen LogP contribution is -3.15. The number of amides is 2. The molecule has 29 heavy (non-hydrogen) atoms. The van der Waals surface area contributed by atoms with Crippen molar-refractivity contribution in [3.63, 3.8) is 0 Å². The molecule has 0 spiro atoms. The molecule has 2 aromatic rings. The van der Waals surface area contributed by atoms with Gasteiger partial charge in [-0.2, -0.15) is 0 Å². The molecule has 2 fully saturated rings. The Kier molecular flexibility index (Phi) is 5.67. The van der Waals surface area contributed by atoms with Crippen LogP contribution in [-0.4, -0.2) is 56.2 Å². The summed E-state index contributed by atoms with van der Waals surface area (Å²) in [6.07, 6.45) is 1.51. The molecule has 4 rings (SSSR count). The highest BCUT2D eigenvalue weighted by atomic mass is 16.3. The number of phenols is 1. The third kappa shape index (κ3) is 4.51. The van der Waals surface area contributed by atoms with Gasteiger partial charge in [-0.25, -0.2) is 0 Å². The van der Waals surface area contributed by atoms with E-state index in [0.717, 1.165) is 56.2 Å². The second kappa shape index (κ2) is 8.53. The van der Waals surface area contributed by atoms with E-state index in [1.165, 1.54) is 4.90 Å². The van der Waals surface area contributed by atoms with Gasteiger partial charge in [0.25, 0.3) is 5.91 Å². The second-order valence-electron chi connectivity index (χ2n) is 7.65. The van der Waals surface area contributed by atoms with E-state index in [-0.39, 0.29) is 11.8 Å². The fraction of sp³-hybridized carbons (Fsp3) is 0.364. The number of piperazine rings is 1. The predicted octanol–water partition coefficient (Wildman–Crippen LogP) is 0.863. The van der Waals surface area contributed by atoms with Crippen molar-refractivity contribution in [2.75, 3.05) is 54.4 Å². The maximum Gasteiger partial charge on any atom is 0.279 e. The number of aromatic hydroxyl groups is 1. The van der Waals surface area contributed by atoms with Gasteiger partial charge >= 0.3 is 0 Å². The van der Waals surface area contributed by atoms with Gasteiger partial charge < -0.3 is 25.1 Å². The van der Waals surface area contributed by atoms with E-state index in [9.17, 15) is 14.7 Å². The van der Waals surface area contributed by atoms with Crippen molar-refractivity contribution < 1.29 is 19.6 Å². The topological polar surface area (TPSA) is 77.3 Å². The van der Waals surface area contributed by atoms with Crippen molar-refractivity contribution in [1.29, 1.82) is 0 Å². The minimum Gasteiger partial charge on any atom is -0.506 e. The van der Waals surface area contributed by atoms with Crippen LogP contribution >= 0.6 is 0 Å². The number of nitrogens with one attached hydrogen (secondary N) is 2. The summed E-state index contributed by atoms with van der Waals surface area (Å²) in [4.78, 5) is 29.4. The number of benzene rings is 2. The third-order valence-corrected chi connectivity index (χ3v) is 5.64. The Morgan fingerprint density at radius 1 is 1.03 bits per heavy atom. The molecule has 2 heterocycles. The van der Waals surface area contributed by atoms with E-state index in [2.05, 4.69) is 10.2 Å². The molecule has 2 aliphatic heterocycles. The average molecular weight is 395 g/mol. The van der Waals surface area contributed by atoms with Crippen molar-refractivity contribution >= 4 is 28.9 Å². The van der Waals surface area contributed by atoms with Crippen molar-refractivity contribution in [3.8, 4) is 5.75 Å². The first-order chi connectivity index (χ1) is 14.1. The van der Waals surface area contributed by atoms with Crippen molar-refractivity contribution in [2.45, 2.75) is 12.8 Å². The smallest absolute Gasteiger partial charge is 0.279 e. The summed E-state index contributed by atoms with van der Waals surface area (Å²) in [7, 11) is 0. The number of quaternary nitrogens is 1. The van der Waals surface area contributed by atoms with Gasteiger partial charge in [0, 0.05) is 24.3 Å². The molecular formula is C22H27N4O3+. The molecule has 2 saturated heterocycles. The first kappa shape index (κ1) is 19.3. The van der Waals surface area contributed by atoms with Gasteiger partial charge in [0.2, 0.25) is 5.91 Å². The highest BCUT2D eigenvalue weighted by Gasteiger charge is 2.24. The van der Waals surface area contributed by atoms with Gasteiger partial charge in [-0.15, -0.1) is 0 Å². The van der Waals surface area contributed by atoms with Crippen LogP contribution in [-0.2, 0) is 9.59 Å². The molecular weight excluding hydrogens is 368 g/mol. The normalized spacial score (nSPS) is 17.6. The number of carbonyl (C=O) groups excluding carboxylic acids is 2. The van der Waals surface area contributed by atoms with Crippen molar-refractivity contribution in [1.82, 2.24) is 0 Å². The zero-order chi connectivity index (χ0) is 20.2. The van der Waals surface area contributed by atoms with E-state index in [4.69, 9.17) is 0 Å². The summed E-state index contributed by atoms with van der Waals surface area (Å²) in [5.74, 6) is 0.446. The number of hydrogen-bond donors (Lipinski definition) is 3. The highest BCUT2D eigenvalue weighted by molar-refractivity contribution is 5.96. The Balaban J connectivity index is 1.26. The molecule has 7 nitrogen and oxygen atoms in total. The van der Waals surface area contributed by atoms with Crippen LogP contribution in [0.3, 0.4) is 0 Å². The Hall–Kier alpha value is -3.06. The minimum absolute atomic E-state index is 0.0130. The SMILES string of the molecule is O=C(C[NH+]1CCN(c2ccccc2O)CC1)Nc1ccc(N2CCCC2=O)cc1. The Morgan fingerprint density at radius 3 is 2.41 bits per heavy atom. The number of phenolic OH excluding ortho intramolecular Hbond substituents is 1. The highest BCUT2D eigenvalue weighted by Crippen LogP contribution is 2.26. The fourth-order valence-corrected chi connectivity index (χ4v) is 4.05. The maximum absolute atomic E-state index is 12.4. The molecule has 0 bridgehead atoms. The monoisotopic (exact) mass is 395 g/mol. The van der Waals surface area contributed by atoms with Gasteiger partial charge in [-0.1, -0.05) is 12.1 Å². The van der Waals surface area contributed by atoms with Crippen LogP contribution in [0.5, 0.6) is 5.75 Å². The van der Waals surface area contributed by atoms with Crippen LogP contribution in [0.2, 0.25) is 0 Å². The fourth-order valence-electron chi connectivity index (χ4n) is 4.05. The van der Waals surface area contributed by atoms with Gasteiger partial charge in [0.05, 0.1) is 31.9 Å². The predicted molar refractivity (Wildman–Crippen MR) is 113 cm³/mol. The van der Waals surface area contributed by atoms with E-state index in [0.29, 0.717) is 18.7 Å². The third-order valence-electron chi connectivity index (χ3n) is 5.64. The van der Waals surface area contributed by atoms with E-state index < -0.39 is 0 Å². The number of para-hydroxylation sites is 2. The molecule has 2 aliphatic rings. The van der Waals surface area contributed by atoms with Gasteiger partial charge in [-0.3, -0.25) is 9.59 Å². The van der Waals surface area contributed by atoms with Crippen LogP contribution < -0.4 is 20.0 Å². The summed E-state index contributed by atoms with van der Waals surface area (Å²) >= 11 is 0. The van der Waals surface area contributed by atoms with Crippen LogP contribution in [0.25, 0.3) is 0 Å². The molecule has 2 aromatic carbocycles. The van der Waals surface area contributed by atoms with Gasteiger partial charge in [0.1, 0.15) is 5.75 Å².